The Kier molecular flexibility index (Phi) is 4.32. The van der Waals surface area contributed by atoms with Gasteiger partial charge >= 0.3 is 0 Å². The van der Waals surface area contributed by atoms with Crippen LogP contribution in [0.25, 0.3) is 54.7 Å². The summed E-state index contributed by atoms with van der Waals surface area (Å²) < 4.78 is 5.38. The van der Waals surface area contributed by atoms with Gasteiger partial charge in [-0.15, -0.1) is 0 Å². The van der Waals surface area contributed by atoms with Crippen LogP contribution >= 0.6 is 0 Å². The van der Waals surface area contributed by atoms with Crippen LogP contribution < -0.4 is 4.74 Å². The molecule has 0 amide bonds. The van der Waals surface area contributed by atoms with Gasteiger partial charge in [-0.3, -0.25) is 9.97 Å². The molecule has 32 heavy (non-hydrogen) atoms. The van der Waals surface area contributed by atoms with Crippen molar-refractivity contribution in [3.8, 4) is 28.1 Å². The Bertz CT molecular complexity index is 1550. The highest BCUT2D eigenvalue weighted by molar-refractivity contribution is 6.21. The van der Waals surface area contributed by atoms with Gasteiger partial charge < -0.3 is 4.74 Å². The Morgan fingerprint density at radius 2 is 1.25 bits per heavy atom. The van der Waals surface area contributed by atoms with Gasteiger partial charge in [-0.1, -0.05) is 60.7 Å². The lowest BCUT2D eigenvalue weighted by Gasteiger charge is -2.17. The first-order chi connectivity index (χ1) is 15.8. The zero-order chi connectivity index (χ0) is 21.5. The van der Waals surface area contributed by atoms with E-state index in [0.29, 0.717) is 0 Å². The molecule has 0 saturated heterocycles. The monoisotopic (exact) mass is 412 g/mol. The molecule has 3 nitrogen and oxygen atoms in total. The van der Waals surface area contributed by atoms with Crippen LogP contribution in [0.3, 0.4) is 0 Å². The molecule has 0 fully saturated rings. The standard InChI is InChI=1S/C29H20N2O/c1-32-22-12-10-19(11-13-22)28-23-6-2-4-8-25(23)29(26-9-5-3-7-24(26)28)27-16-21-17-30-15-14-20(21)18-31-27/h2-18H,1H3. The van der Waals surface area contributed by atoms with E-state index < -0.39 is 0 Å². The van der Waals surface area contributed by atoms with E-state index in [1.54, 1.807) is 13.3 Å². The SMILES string of the molecule is COc1ccc(-c2c3ccccc3c(-c3cc4cnccc4cn3)c3ccccc23)cc1. The van der Waals surface area contributed by atoms with E-state index >= 15 is 0 Å². The van der Waals surface area contributed by atoms with Crippen molar-refractivity contribution >= 4 is 32.3 Å². The minimum absolute atomic E-state index is 0.855. The highest BCUT2D eigenvalue weighted by Crippen LogP contribution is 2.43. The van der Waals surface area contributed by atoms with Gasteiger partial charge in [0.25, 0.3) is 0 Å². The minimum Gasteiger partial charge on any atom is -0.497 e. The molecule has 2 aromatic heterocycles. The smallest absolute Gasteiger partial charge is 0.118 e. The molecule has 0 aliphatic rings. The zero-order valence-electron chi connectivity index (χ0n) is 17.6. The Morgan fingerprint density at radius 3 is 1.88 bits per heavy atom. The number of methoxy groups -OCH3 is 1. The van der Waals surface area contributed by atoms with Crippen LogP contribution in [0.5, 0.6) is 5.75 Å². The summed E-state index contributed by atoms with van der Waals surface area (Å²) >= 11 is 0. The van der Waals surface area contributed by atoms with Crippen molar-refractivity contribution in [2.75, 3.05) is 7.11 Å². The first kappa shape index (κ1) is 18.5. The normalized spacial score (nSPS) is 11.3. The maximum absolute atomic E-state index is 5.38. The number of ether oxygens (including phenoxy) is 1. The first-order valence-electron chi connectivity index (χ1n) is 10.6. The second-order valence-corrected chi connectivity index (χ2v) is 7.86. The molecular weight excluding hydrogens is 392 g/mol. The average molecular weight is 412 g/mol. The van der Waals surface area contributed by atoms with Gasteiger partial charge in [-0.2, -0.15) is 0 Å². The summed E-state index contributed by atoms with van der Waals surface area (Å²) in [5.74, 6) is 0.855. The molecule has 152 valence electrons. The van der Waals surface area contributed by atoms with E-state index in [2.05, 4.69) is 71.7 Å². The lowest BCUT2D eigenvalue weighted by atomic mass is 9.87. The molecule has 0 saturated carbocycles. The molecule has 6 aromatic rings. The van der Waals surface area contributed by atoms with Crippen molar-refractivity contribution in [2.45, 2.75) is 0 Å². The summed E-state index contributed by atoms with van der Waals surface area (Å²) in [4.78, 5) is 9.16. The van der Waals surface area contributed by atoms with Gasteiger partial charge in [0, 0.05) is 34.9 Å². The molecule has 0 spiro atoms. The molecule has 2 heterocycles. The summed E-state index contributed by atoms with van der Waals surface area (Å²) in [7, 11) is 1.70. The van der Waals surface area contributed by atoms with Gasteiger partial charge in [0.05, 0.1) is 12.8 Å². The zero-order valence-corrected chi connectivity index (χ0v) is 17.6. The topological polar surface area (TPSA) is 35.0 Å². The van der Waals surface area contributed by atoms with E-state index in [9.17, 15) is 0 Å². The van der Waals surface area contributed by atoms with Gasteiger partial charge in [-0.25, -0.2) is 0 Å². The lowest BCUT2D eigenvalue weighted by molar-refractivity contribution is 0.415. The Labute approximate surface area is 186 Å². The molecule has 0 aliphatic carbocycles. The van der Waals surface area contributed by atoms with Crippen molar-refractivity contribution in [3.05, 3.63) is 104 Å². The maximum Gasteiger partial charge on any atom is 0.118 e. The van der Waals surface area contributed by atoms with Crippen LogP contribution in [0.2, 0.25) is 0 Å². The van der Waals surface area contributed by atoms with Crippen LogP contribution in [-0.2, 0) is 0 Å². The highest BCUT2D eigenvalue weighted by atomic mass is 16.5. The molecular formula is C29H20N2O. The Hall–Kier alpha value is -4.24. The molecule has 0 unspecified atom stereocenters. The summed E-state index contributed by atoms with van der Waals surface area (Å²) in [5.41, 5.74) is 4.50. The largest absolute Gasteiger partial charge is 0.497 e. The van der Waals surface area contributed by atoms with Crippen molar-refractivity contribution in [1.29, 1.82) is 0 Å². The second kappa shape index (κ2) is 7.47. The molecule has 4 aromatic carbocycles. The quantitative estimate of drug-likeness (QED) is 0.287. The second-order valence-electron chi connectivity index (χ2n) is 7.86. The number of aromatic nitrogens is 2. The number of pyridine rings is 2. The molecule has 0 bridgehead atoms. The van der Waals surface area contributed by atoms with Crippen molar-refractivity contribution in [1.82, 2.24) is 9.97 Å². The van der Waals surface area contributed by atoms with Gasteiger partial charge in [0.15, 0.2) is 0 Å². The van der Waals surface area contributed by atoms with Crippen molar-refractivity contribution < 1.29 is 4.74 Å². The fourth-order valence-corrected chi connectivity index (χ4v) is 4.59. The van der Waals surface area contributed by atoms with Crippen LogP contribution in [-0.4, -0.2) is 17.1 Å². The molecule has 6 rings (SSSR count). The minimum atomic E-state index is 0.855. The number of hydrogen-bond acceptors (Lipinski definition) is 3. The van der Waals surface area contributed by atoms with E-state index in [-0.39, 0.29) is 0 Å². The van der Waals surface area contributed by atoms with E-state index in [4.69, 9.17) is 9.72 Å². The number of nitrogens with zero attached hydrogens (tertiary/aromatic N) is 2. The maximum atomic E-state index is 5.38. The summed E-state index contributed by atoms with van der Waals surface area (Å²) in [6.45, 7) is 0. The predicted octanol–water partition coefficient (Wildman–Crippen LogP) is 7.28. The first-order valence-corrected chi connectivity index (χ1v) is 10.6. The number of benzene rings is 4. The van der Waals surface area contributed by atoms with Crippen LogP contribution in [0.1, 0.15) is 0 Å². The molecule has 0 atom stereocenters. The third-order valence-electron chi connectivity index (χ3n) is 6.09. The Balaban J connectivity index is 1.73. The number of fused-ring (bicyclic) bond motifs is 3. The number of hydrogen-bond donors (Lipinski definition) is 0. The lowest BCUT2D eigenvalue weighted by Crippen LogP contribution is -1.93. The van der Waals surface area contributed by atoms with E-state index in [0.717, 1.165) is 27.8 Å². The predicted molar refractivity (Wildman–Crippen MR) is 132 cm³/mol. The van der Waals surface area contributed by atoms with Crippen LogP contribution in [0.15, 0.2) is 104 Å². The van der Waals surface area contributed by atoms with E-state index in [1.165, 1.54) is 32.7 Å². The summed E-state index contributed by atoms with van der Waals surface area (Å²) in [6.07, 6.45) is 5.64. The Morgan fingerprint density at radius 1 is 0.625 bits per heavy atom. The highest BCUT2D eigenvalue weighted by Gasteiger charge is 2.17. The molecule has 0 N–H and O–H groups in total. The van der Waals surface area contributed by atoms with Crippen LogP contribution in [0, 0.1) is 0 Å². The summed E-state index contributed by atoms with van der Waals surface area (Å²) in [5, 5.41) is 6.97. The van der Waals surface area contributed by atoms with Gasteiger partial charge in [0.2, 0.25) is 0 Å². The number of rotatable bonds is 3. The van der Waals surface area contributed by atoms with Crippen LogP contribution in [0.4, 0.5) is 0 Å². The summed E-state index contributed by atoms with van der Waals surface area (Å²) in [6, 6.07) is 29.6. The van der Waals surface area contributed by atoms with Crippen molar-refractivity contribution in [2.24, 2.45) is 0 Å². The molecule has 0 aliphatic heterocycles. The molecule has 0 radical (unpaired) electrons. The van der Waals surface area contributed by atoms with E-state index in [1.807, 2.05) is 30.6 Å². The molecule has 3 heteroatoms. The fraction of sp³-hybridized carbons (Fsp3) is 0.0345. The third-order valence-corrected chi connectivity index (χ3v) is 6.09. The third kappa shape index (κ3) is 2.90. The van der Waals surface area contributed by atoms with Gasteiger partial charge in [0.1, 0.15) is 5.75 Å². The van der Waals surface area contributed by atoms with Crippen molar-refractivity contribution in [3.63, 3.8) is 0 Å². The van der Waals surface area contributed by atoms with Gasteiger partial charge in [-0.05, 0) is 56.9 Å². The average Bonchev–Trinajstić information content (AvgIpc) is 2.87. The fourth-order valence-electron chi connectivity index (χ4n) is 4.59.